The van der Waals surface area contributed by atoms with E-state index in [0.717, 1.165) is 16.7 Å². The summed E-state index contributed by atoms with van der Waals surface area (Å²) in [5, 5.41) is 9.12. The molecule has 0 atom stereocenters. The molecular weight excluding hydrogens is 302 g/mol. The topological polar surface area (TPSA) is 59.3 Å². The van der Waals surface area contributed by atoms with Gasteiger partial charge in [-0.05, 0) is 37.6 Å². The second-order valence-corrected chi connectivity index (χ2v) is 5.38. The predicted molar refractivity (Wildman–Crippen MR) is 92.4 cm³/mol. The Morgan fingerprint density at radius 1 is 1.00 bits per heavy atom. The number of benzene rings is 2. The van der Waals surface area contributed by atoms with Gasteiger partial charge in [-0.25, -0.2) is 4.79 Å². The molecule has 122 valence electrons. The molecule has 4 heteroatoms. The van der Waals surface area contributed by atoms with Crippen molar-refractivity contribution in [2.24, 2.45) is 0 Å². The summed E-state index contributed by atoms with van der Waals surface area (Å²) in [6.45, 7) is 4.29. The minimum absolute atomic E-state index is 0.0332. The molecule has 0 unspecified atom stereocenters. The zero-order chi connectivity index (χ0) is 17.4. The smallest absolute Gasteiger partial charge is 0.349 e. The highest BCUT2D eigenvalue weighted by Gasteiger charge is 2.10. The molecule has 0 aliphatic rings. The number of ether oxygens (including phenoxy) is 2. The lowest BCUT2D eigenvalue weighted by Gasteiger charge is -2.07. The van der Waals surface area contributed by atoms with E-state index >= 15 is 0 Å². The summed E-state index contributed by atoms with van der Waals surface area (Å²) in [4.78, 5) is 11.9. The summed E-state index contributed by atoms with van der Waals surface area (Å²) < 4.78 is 10.6. The maximum absolute atomic E-state index is 11.9. The molecule has 0 saturated carbocycles. The van der Waals surface area contributed by atoms with E-state index in [-0.39, 0.29) is 18.8 Å². The van der Waals surface area contributed by atoms with E-state index in [1.807, 2.05) is 68.4 Å². The first-order valence-corrected chi connectivity index (χ1v) is 7.63. The molecule has 0 radical (unpaired) electrons. The number of nitriles is 1. The summed E-state index contributed by atoms with van der Waals surface area (Å²) in [6.07, 6.45) is 1.52. The Hall–Kier alpha value is -3.06. The molecule has 0 amide bonds. The Bertz CT molecular complexity index is 753. The van der Waals surface area contributed by atoms with Gasteiger partial charge in [-0.3, -0.25) is 0 Å². The first-order chi connectivity index (χ1) is 11.6. The fourth-order valence-electron chi connectivity index (χ4n) is 1.97. The molecule has 0 aromatic heterocycles. The third kappa shape index (κ3) is 5.29. The highest BCUT2D eigenvalue weighted by molar-refractivity contribution is 5.97. The standard InChI is InChI=1S/C20H19NO3/c1-15-3-7-17(8-4-15)13-18(14-21)20(22)24-12-11-23-19-9-5-16(2)6-10-19/h3-10,13H,11-12H2,1-2H3/b18-13+. The Morgan fingerprint density at radius 3 is 2.17 bits per heavy atom. The maximum Gasteiger partial charge on any atom is 0.349 e. The lowest BCUT2D eigenvalue weighted by atomic mass is 10.1. The molecule has 0 aliphatic heterocycles. The number of aryl methyl sites for hydroxylation is 2. The average Bonchev–Trinajstić information content (AvgIpc) is 2.59. The van der Waals surface area contributed by atoms with Gasteiger partial charge in [0.1, 0.15) is 30.6 Å². The van der Waals surface area contributed by atoms with Gasteiger partial charge >= 0.3 is 5.97 Å². The van der Waals surface area contributed by atoms with E-state index in [0.29, 0.717) is 5.75 Å². The molecule has 0 N–H and O–H groups in total. The molecule has 0 bridgehead atoms. The van der Waals surface area contributed by atoms with Crippen molar-refractivity contribution in [3.05, 3.63) is 70.8 Å². The lowest BCUT2D eigenvalue weighted by Crippen LogP contribution is -2.13. The van der Waals surface area contributed by atoms with Gasteiger partial charge in [0, 0.05) is 0 Å². The van der Waals surface area contributed by atoms with Gasteiger partial charge in [0.2, 0.25) is 0 Å². The second-order valence-electron chi connectivity index (χ2n) is 5.38. The summed E-state index contributed by atoms with van der Waals surface area (Å²) in [5.74, 6) is 0.0675. The SMILES string of the molecule is Cc1ccc(/C=C(\C#N)C(=O)OCCOc2ccc(C)cc2)cc1. The van der Waals surface area contributed by atoms with Crippen molar-refractivity contribution in [1.82, 2.24) is 0 Å². The van der Waals surface area contributed by atoms with Crippen LogP contribution >= 0.6 is 0 Å². The molecule has 0 spiro atoms. The first kappa shape index (κ1) is 17.3. The molecule has 0 saturated heterocycles. The molecule has 0 heterocycles. The second kappa shape index (κ2) is 8.54. The zero-order valence-electron chi connectivity index (χ0n) is 13.8. The van der Waals surface area contributed by atoms with Gasteiger partial charge in [-0.2, -0.15) is 5.26 Å². The molecule has 0 aliphatic carbocycles. The van der Waals surface area contributed by atoms with Crippen molar-refractivity contribution < 1.29 is 14.3 Å². The molecule has 4 nitrogen and oxygen atoms in total. The molecule has 24 heavy (non-hydrogen) atoms. The number of rotatable bonds is 6. The quantitative estimate of drug-likeness (QED) is 0.351. The highest BCUT2D eigenvalue weighted by atomic mass is 16.6. The van der Waals surface area contributed by atoms with E-state index in [2.05, 4.69) is 0 Å². The van der Waals surface area contributed by atoms with Crippen LogP contribution in [-0.4, -0.2) is 19.2 Å². The lowest BCUT2D eigenvalue weighted by molar-refractivity contribution is -0.139. The van der Waals surface area contributed by atoms with Gasteiger partial charge in [-0.15, -0.1) is 0 Å². The summed E-state index contributed by atoms with van der Waals surface area (Å²) >= 11 is 0. The van der Waals surface area contributed by atoms with E-state index in [4.69, 9.17) is 14.7 Å². The number of carbonyl (C=O) groups excluding carboxylic acids is 1. The molecular formula is C20H19NO3. The van der Waals surface area contributed by atoms with Crippen LogP contribution in [0.1, 0.15) is 16.7 Å². The van der Waals surface area contributed by atoms with Crippen LogP contribution in [0.3, 0.4) is 0 Å². The Kier molecular flexibility index (Phi) is 6.16. The average molecular weight is 321 g/mol. The van der Waals surface area contributed by atoms with Crippen molar-refractivity contribution in [3.8, 4) is 11.8 Å². The molecule has 0 fully saturated rings. The van der Waals surface area contributed by atoms with E-state index in [1.165, 1.54) is 6.08 Å². The van der Waals surface area contributed by atoms with Crippen molar-refractivity contribution in [1.29, 1.82) is 5.26 Å². The summed E-state index contributed by atoms with van der Waals surface area (Å²) in [5.41, 5.74) is 3.01. The maximum atomic E-state index is 11.9. The Labute approximate surface area is 141 Å². The largest absolute Gasteiger partial charge is 0.490 e. The fraction of sp³-hybridized carbons (Fsp3) is 0.200. The zero-order valence-corrected chi connectivity index (χ0v) is 13.8. The number of esters is 1. The van der Waals surface area contributed by atoms with Crippen molar-refractivity contribution in [2.75, 3.05) is 13.2 Å². The number of carbonyl (C=O) groups is 1. The molecule has 2 aromatic carbocycles. The van der Waals surface area contributed by atoms with E-state index < -0.39 is 5.97 Å². The van der Waals surface area contributed by atoms with Gasteiger partial charge in [0.15, 0.2) is 0 Å². The van der Waals surface area contributed by atoms with Crippen LogP contribution in [0.4, 0.5) is 0 Å². The summed E-state index contributed by atoms with van der Waals surface area (Å²) in [6, 6.07) is 17.0. The number of nitrogens with zero attached hydrogens (tertiary/aromatic N) is 1. The summed E-state index contributed by atoms with van der Waals surface area (Å²) in [7, 11) is 0. The molecule has 2 rings (SSSR count). The minimum atomic E-state index is -0.648. The normalized spacial score (nSPS) is 10.8. The van der Waals surface area contributed by atoms with Gasteiger partial charge < -0.3 is 9.47 Å². The van der Waals surface area contributed by atoms with Crippen LogP contribution in [0.5, 0.6) is 5.75 Å². The minimum Gasteiger partial charge on any atom is -0.490 e. The van der Waals surface area contributed by atoms with E-state index in [9.17, 15) is 4.79 Å². The first-order valence-electron chi connectivity index (χ1n) is 7.63. The predicted octanol–water partition coefficient (Wildman–Crippen LogP) is 3.83. The van der Waals surface area contributed by atoms with Crippen LogP contribution in [0.2, 0.25) is 0 Å². The monoisotopic (exact) mass is 321 g/mol. The van der Waals surface area contributed by atoms with Crippen molar-refractivity contribution in [3.63, 3.8) is 0 Å². The Morgan fingerprint density at radius 2 is 1.58 bits per heavy atom. The Balaban J connectivity index is 1.84. The van der Waals surface area contributed by atoms with Crippen LogP contribution in [0, 0.1) is 25.2 Å². The van der Waals surface area contributed by atoms with Gasteiger partial charge in [-0.1, -0.05) is 47.5 Å². The van der Waals surface area contributed by atoms with Crippen LogP contribution in [-0.2, 0) is 9.53 Å². The van der Waals surface area contributed by atoms with Crippen LogP contribution in [0.15, 0.2) is 54.1 Å². The van der Waals surface area contributed by atoms with Crippen molar-refractivity contribution >= 4 is 12.0 Å². The number of hydrogen-bond acceptors (Lipinski definition) is 4. The van der Waals surface area contributed by atoms with E-state index in [1.54, 1.807) is 0 Å². The van der Waals surface area contributed by atoms with Crippen LogP contribution in [0.25, 0.3) is 6.08 Å². The third-order valence-electron chi connectivity index (χ3n) is 3.33. The highest BCUT2D eigenvalue weighted by Crippen LogP contribution is 2.12. The third-order valence-corrected chi connectivity index (χ3v) is 3.33. The van der Waals surface area contributed by atoms with Gasteiger partial charge in [0.25, 0.3) is 0 Å². The van der Waals surface area contributed by atoms with Gasteiger partial charge in [0.05, 0.1) is 0 Å². The number of hydrogen-bond donors (Lipinski definition) is 0. The molecule has 2 aromatic rings. The van der Waals surface area contributed by atoms with Crippen LogP contribution < -0.4 is 4.74 Å². The fourth-order valence-corrected chi connectivity index (χ4v) is 1.97. The van der Waals surface area contributed by atoms with Crippen molar-refractivity contribution in [2.45, 2.75) is 13.8 Å².